The van der Waals surface area contributed by atoms with Crippen LogP contribution < -0.4 is 5.32 Å². The van der Waals surface area contributed by atoms with E-state index in [1.165, 1.54) is 12.8 Å². The van der Waals surface area contributed by atoms with E-state index in [0.29, 0.717) is 12.3 Å². The SMILES string of the molecule is Cc1ccc(CC(=O)NC2CC(N(CC(=O)O)CC3CC3)C2)cn1. The van der Waals surface area contributed by atoms with Crippen molar-refractivity contribution >= 4 is 11.9 Å². The summed E-state index contributed by atoms with van der Waals surface area (Å²) in [7, 11) is 0. The van der Waals surface area contributed by atoms with E-state index in [1.54, 1.807) is 6.20 Å². The first kappa shape index (κ1) is 16.9. The molecule has 2 N–H and O–H groups in total. The minimum atomic E-state index is -0.769. The molecule has 0 atom stereocenters. The van der Waals surface area contributed by atoms with Crippen LogP contribution in [-0.2, 0) is 16.0 Å². The lowest BCUT2D eigenvalue weighted by atomic mass is 9.85. The van der Waals surface area contributed by atoms with Crippen LogP contribution in [0.15, 0.2) is 18.3 Å². The first-order chi connectivity index (χ1) is 11.5. The number of aliphatic carboxylic acids is 1. The molecule has 1 aromatic rings. The maximum atomic E-state index is 12.1. The molecule has 3 rings (SSSR count). The van der Waals surface area contributed by atoms with Crippen molar-refractivity contribution in [1.82, 2.24) is 15.2 Å². The van der Waals surface area contributed by atoms with Crippen molar-refractivity contribution in [1.29, 1.82) is 0 Å². The number of carbonyl (C=O) groups is 2. The maximum Gasteiger partial charge on any atom is 0.317 e. The van der Waals surface area contributed by atoms with Gasteiger partial charge in [0.1, 0.15) is 0 Å². The number of hydrogen-bond donors (Lipinski definition) is 2. The molecule has 24 heavy (non-hydrogen) atoms. The van der Waals surface area contributed by atoms with E-state index in [1.807, 2.05) is 19.1 Å². The standard InChI is InChI=1S/C18H25N3O3/c1-12-2-3-14(9-19-12)6-17(22)20-15-7-16(8-15)21(11-18(23)24)10-13-4-5-13/h2-3,9,13,15-16H,4-8,10-11H2,1H3,(H,20,22)(H,23,24). The van der Waals surface area contributed by atoms with Crippen molar-refractivity contribution in [2.45, 2.75) is 51.1 Å². The molecule has 1 heterocycles. The van der Waals surface area contributed by atoms with Crippen molar-refractivity contribution in [2.75, 3.05) is 13.1 Å². The summed E-state index contributed by atoms with van der Waals surface area (Å²) in [6, 6.07) is 4.28. The minimum Gasteiger partial charge on any atom is -0.480 e. The molecule has 0 spiro atoms. The van der Waals surface area contributed by atoms with Gasteiger partial charge < -0.3 is 10.4 Å². The largest absolute Gasteiger partial charge is 0.480 e. The fourth-order valence-corrected chi connectivity index (χ4v) is 3.22. The summed E-state index contributed by atoms with van der Waals surface area (Å²) in [6.45, 7) is 2.91. The van der Waals surface area contributed by atoms with E-state index >= 15 is 0 Å². The first-order valence-corrected chi connectivity index (χ1v) is 8.66. The number of carboxylic acid groups (broad SMARTS) is 1. The summed E-state index contributed by atoms with van der Waals surface area (Å²) in [5, 5.41) is 12.1. The van der Waals surface area contributed by atoms with E-state index in [9.17, 15) is 9.59 Å². The Kier molecular flexibility index (Phi) is 5.14. The summed E-state index contributed by atoms with van der Waals surface area (Å²) in [5.41, 5.74) is 1.85. The number of nitrogens with one attached hydrogen (secondary N) is 1. The molecule has 6 heteroatoms. The van der Waals surface area contributed by atoms with E-state index < -0.39 is 5.97 Å². The summed E-state index contributed by atoms with van der Waals surface area (Å²) >= 11 is 0. The van der Waals surface area contributed by atoms with Gasteiger partial charge in [-0.25, -0.2) is 0 Å². The fraction of sp³-hybridized carbons (Fsp3) is 0.611. The first-order valence-electron chi connectivity index (χ1n) is 8.66. The summed E-state index contributed by atoms with van der Waals surface area (Å²) in [5.74, 6) is -0.0851. The second-order valence-corrected chi connectivity index (χ2v) is 7.14. The van der Waals surface area contributed by atoms with Crippen molar-refractivity contribution in [2.24, 2.45) is 5.92 Å². The lowest BCUT2D eigenvalue weighted by Crippen LogP contribution is -2.55. The average Bonchev–Trinajstić information content (AvgIpc) is 3.28. The molecule has 6 nitrogen and oxygen atoms in total. The van der Waals surface area contributed by atoms with Gasteiger partial charge in [0.2, 0.25) is 5.91 Å². The Hall–Kier alpha value is -1.95. The highest BCUT2D eigenvalue weighted by Gasteiger charge is 2.37. The van der Waals surface area contributed by atoms with Crippen LogP contribution in [-0.4, -0.2) is 52.0 Å². The molecule has 0 aromatic carbocycles. The van der Waals surface area contributed by atoms with Crippen LogP contribution in [0.4, 0.5) is 0 Å². The molecule has 2 fully saturated rings. The molecule has 0 aliphatic heterocycles. The molecule has 0 bridgehead atoms. The molecule has 2 aliphatic rings. The lowest BCUT2D eigenvalue weighted by molar-refractivity contribution is -0.140. The van der Waals surface area contributed by atoms with Crippen LogP contribution in [0.1, 0.15) is 36.9 Å². The van der Waals surface area contributed by atoms with Gasteiger partial charge in [0, 0.05) is 30.5 Å². The van der Waals surface area contributed by atoms with Crippen molar-refractivity contribution in [3.8, 4) is 0 Å². The highest BCUT2D eigenvalue weighted by molar-refractivity contribution is 5.78. The molecular weight excluding hydrogens is 306 g/mol. The Morgan fingerprint density at radius 2 is 2.08 bits per heavy atom. The van der Waals surface area contributed by atoms with Crippen molar-refractivity contribution < 1.29 is 14.7 Å². The monoisotopic (exact) mass is 331 g/mol. The Morgan fingerprint density at radius 1 is 1.33 bits per heavy atom. The molecule has 0 saturated heterocycles. The van der Waals surface area contributed by atoms with E-state index in [0.717, 1.165) is 30.6 Å². The topological polar surface area (TPSA) is 82.5 Å². The minimum absolute atomic E-state index is 0.0103. The average molecular weight is 331 g/mol. The quantitative estimate of drug-likeness (QED) is 0.752. The second-order valence-electron chi connectivity index (χ2n) is 7.14. The Labute approximate surface area is 142 Å². The zero-order chi connectivity index (χ0) is 17.1. The van der Waals surface area contributed by atoms with E-state index in [-0.39, 0.29) is 24.5 Å². The molecule has 0 unspecified atom stereocenters. The van der Waals surface area contributed by atoms with Crippen molar-refractivity contribution in [3.63, 3.8) is 0 Å². The van der Waals surface area contributed by atoms with Gasteiger partial charge in [-0.05, 0) is 50.2 Å². The number of pyridine rings is 1. The normalized spacial score (nSPS) is 22.9. The number of hydrogen-bond acceptors (Lipinski definition) is 4. The molecular formula is C18H25N3O3. The number of aryl methyl sites for hydroxylation is 1. The summed E-state index contributed by atoms with van der Waals surface area (Å²) in [4.78, 5) is 29.4. The highest BCUT2D eigenvalue weighted by atomic mass is 16.4. The van der Waals surface area contributed by atoms with Crippen LogP contribution in [0.3, 0.4) is 0 Å². The van der Waals surface area contributed by atoms with Crippen molar-refractivity contribution in [3.05, 3.63) is 29.6 Å². The van der Waals surface area contributed by atoms with Crippen LogP contribution >= 0.6 is 0 Å². The van der Waals surface area contributed by atoms with Crippen LogP contribution in [0.2, 0.25) is 0 Å². The Balaban J connectivity index is 1.42. The highest BCUT2D eigenvalue weighted by Crippen LogP contribution is 2.33. The summed E-state index contributed by atoms with van der Waals surface area (Å²) < 4.78 is 0. The van der Waals surface area contributed by atoms with E-state index in [2.05, 4.69) is 15.2 Å². The van der Waals surface area contributed by atoms with Crippen LogP contribution in [0.5, 0.6) is 0 Å². The molecule has 1 aromatic heterocycles. The number of amides is 1. The van der Waals surface area contributed by atoms with E-state index in [4.69, 9.17) is 5.11 Å². The number of nitrogens with zero attached hydrogens (tertiary/aromatic N) is 2. The smallest absolute Gasteiger partial charge is 0.317 e. The molecule has 1 amide bonds. The van der Waals surface area contributed by atoms with Crippen LogP contribution in [0.25, 0.3) is 0 Å². The number of rotatable bonds is 8. The predicted octanol–water partition coefficient (Wildman–Crippen LogP) is 1.38. The number of aromatic nitrogens is 1. The third-order valence-electron chi connectivity index (χ3n) is 4.86. The molecule has 2 saturated carbocycles. The van der Waals surface area contributed by atoms with Gasteiger partial charge in [0.15, 0.2) is 0 Å². The zero-order valence-corrected chi connectivity index (χ0v) is 14.1. The lowest BCUT2D eigenvalue weighted by Gasteiger charge is -2.42. The fourth-order valence-electron chi connectivity index (χ4n) is 3.22. The molecule has 2 aliphatic carbocycles. The van der Waals surface area contributed by atoms with Gasteiger partial charge in [-0.3, -0.25) is 19.5 Å². The summed E-state index contributed by atoms with van der Waals surface area (Å²) in [6.07, 6.45) is 6.20. The predicted molar refractivity (Wildman–Crippen MR) is 89.6 cm³/mol. The Morgan fingerprint density at radius 3 is 2.67 bits per heavy atom. The molecule has 0 radical (unpaired) electrons. The number of carboxylic acids is 1. The van der Waals surface area contributed by atoms with Gasteiger partial charge in [-0.1, -0.05) is 6.07 Å². The van der Waals surface area contributed by atoms with Gasteiger partial charge >= 0.3 is 5.97 Å². The third kappa shape index (κ3) is 4.77. The van der Waals surface area contributed by atoms with Crippen LogP contribution in [0, 0.1) is 12.8 Å². The number of carbonyl (C=O) groups excluding carboxylic acids is 1. The Bertz CT molecular complexity index is 592. The third-order valence-corrected chi connectivity index (χ3v) is 4.86. The second kappa shape index (κ2) is 7.30. The van der Waals surface area contributed by atoms with Gasteiger partial charge in [0.05, 0.1) is 13.0 Å². The molecule has 130 valence electrons. The zero-order valence-electron chi connectivity index (χ0n) is 14.1. The van der Waals surface area contributed by atoms with Gasteiger partial charge in [-0.2, -0.15) is 0 Å². The maximum absolute atomic E-state index is 12.1. The van der Waals surface area contributed by atoms with Gasteiger partial charge in [0.25, 0.3) is 0 Å². The van der Waals surface area contributed by atoms with Gasteiger partial charge in [-0.15, -0.1) is 0 Å².